The van der Waals surface area contributed by atoms with E-state index >= 15 is 0 Å². The highest BCUT2D eigenvalue weighted by Crippen LogP contribution is 2.33. The Bertz CT molecular complexity index is 1010. The molecule has 1 aromatic carbocycles. The number of likely N-dealkylation sites (tertiary alicyclic amines) is 1. The van der Waals surface area contributed by atoms with Crippen LogP contribution in [0.5, 0.6) is 0 Å². The molecule has 0 radical (unpaired) electrons. The summed E-state index contributed by atoms with van der Waals surface area (Å²) in [7, 11) is 0. The maximum atomic E-state index is 13.8. The number of amides is 1. The van der Waals surface area contributed by atoms with E-state index in [9.17, 15) is 13.6 Å². The molecule has 2 aromatic heterocycles. The van der Waals surface area contributed by atoms with Gasteiger partial charge in [-0.25, -0.2) is 23.5 Å². The van der Waals surface area contributed by atoms with Gasteiger partial charge in [-0.1, -0.05) is 0 Å². The van der Waals surface area contributed by atoms with Gasteiger partial charge < -0.3 is 14.2 Å². The number of hydrogen-bond acceptors (Lipinski definition) is 4. The molecular weight excluding hydrogens is 366 g/mol. The summed E-state index contributed by atoms with van der Waals surface area (Å²) in [6.07, 6.45) is 2.76. The van der Waals surface area contributed by atoms with Gasteiger partial charge in [-0.3, -0.25) is 0 Å². The average Bonchev–Trinajstić information content (AvgIpc) is 3.10. The number of benzene rings is 1. The summed E-state index contributed by atoms with van der Waals surface area (Å²) < 4.78 is 34.3. The standard InChI is InChI=1S/C20H20F2N4O2/c1-2-28-20(27)25-10-7-14(8-11-25)26-18(13-5-6-15(21)16(22)12-13)24-17-4-3-9-23-19(17)26/h3-6,9,12,14H,2,7-8,10-11H2,1H3. The smallest absolute Gasteiger partial charge is 0.409 e. The van der Waals surface area contributed by atoms with Crippen LogP contribution in [-0.2, 0) is 4.74 Å². The van der Waals surface area contributed by atoms with E-state index < -0.39 is 11.6 Å². The molecule has 1 aliphatic rings. The first-order chi connectivity index (χ1) is 13.6. The summed E-state index contributed by atoms with van der Waals surface area (Å²) in [5.41, 5.74) is 1.87. The SMILES string of the molecule is CCOC(=O)N1CCC(n2c(-c3ccc(F)c(F)c3)nc3cccnc32)CC1. The molecule has 0 bridgehead atoms. The van der Waals surface area contributed by atoms with Gasteiger partial charge in [-0.05, 0) is 50.1 Å². The highest BCUT2D eigenvalue weighted by molar-refractivity contribution is 5.77. The lowest BCUT2D eigenvalue weighted by Gasteiger charge is -2.32. The number of carbonyl (C=O) groups is 1. The van der Waals surface area contributed by atoms with Crippen LogP contribution in [0.15, 0.2) is 36.5 Å². The zero-order valence-electron chi connectivity index (χ0n) is 15.4. The molecule has 1 amide bonds. The topological polar surface area (TPSA) is 60.2 Å². The van der Waals surface area contributed by atoms with Gasteiger partial charge in [-0.2, -0.15) is 0 Å². The van der Waals surface area contributed by atoms with Gasteiger partial charge >= 0.3 is 6.09 Å². The molecule has 3 aromatic rings. The number of pyridine rings is 1. The van der Waals surface area contributed by atoms with Crippen molar-refractivity contribution < 1.29 is 18.3 Å². The molecule has 1 saturated heterocycles. The van der Waals surface area contributed by atoms with Crippen LogP contribution < -0.4 is 0 Å². The molecule has 1 aliphatic heterocycles. The Balaban J connectivity index is 1.70. The van der Waals surface area contributed by atoms with Gasteiger partial charge in [0.25, 0.3) is 0 Å². The molecule has 0 atom stereocenters. The Morgan fingerprint density at radius 2 is 2.00 bits per heavy atom. The third kappa shape index (κ3) is 3.30. The van der Waals surface area contributed by atoms with Crippen LogP contribution in [0.3, 0.4) is 0 Å². The van der Waals surface area contributed by atoms with Crippen LogP contribution in [0, 0.1) is 11.6 Å². The molecule has 4 rings (SSSR count). The van der Waals surface area contributed by atoms with Crippen molar-refractivity contribution in [3.05, 3.63) is 48.2 Å². The number of imidazole rings is 1. The fourth-order valence-corrected chi connectivity index (χ4v) is 3.64. The van der Waals surface area contributed by atoms with Crippen molar-refractivity contribution >= 4 is 17.3 Å². The van der Waals surface area contributed by atoms with Gasteiger partial charge in [0.15, 0.2) is 17.3 Å². The van der Waals surface area contributed by atoms with Crippen LogP contribution >= 0.6 is 0 Å². The van der Waals surface area contributed by atoms with E-state index in [2.05, 4.69) is 9.97 Å². The molecule has 8 heteroatoms. The second kappa shape index (κ2) is 7.53. The number of piperidine rings is 1. The molecular formula is C20H20F2N4O2. The highest BCUT2D eigenvalue weighted by atomic mass is 19.2. The van der Waals surface area contributed by atoms with Crippen molar-refractivity contribution in [2.45, 2.75) is 25.8 Å². The van der Waals surface area contributed by atoms with Crippen LogP contribution in [0.25, 0.3) is 22.6 Å². The van der Waals surface area contributed by atoms with Crippen molar-refractivity contribution in [2.75, 3.05) is 19.7 Å². The Morgan fingerprint density at radius 1 is 1.21 bits per heavy atom. The Morgan fingerprint density at radius 3 is 2.71 bits per heavy atom. The predicted molar refractivity (Wildman–Crippen MR) is 99.7 cm³/mol. The lowest BCUT2D eigenvalue weighted by atomic mass is 10.0. The number of aromatic nitrogens is 3. The Kier molecular flexibility index (Phi) is 4.93. The maximum Gasteiger partial charge on any atom is 0.409 e. The van der Waals surface area contributed by atoms with E-state index in [1.807, 2.05) is 10.6 Å². The number of rotatable bonds is 3. The number of nitrogens with zero attached hydrogens (tertiary/aromatic N) is 4. The number of halogens is 2. The second-order valence-electron chi connectivity index (χ2n) is 6.70. The lowest BCUT2D eigenvalue weighted by Crippen LogP contribution is -2.39. The quantitative estimate of drug-likeness (QED) is 0.678. The largest absolute Gasteiger partial charge is 0.450 e. The third-order valence-corrected chi connectivity index (χ3v) is 4.98. The number of hydrogen-bond donors (Lipinski definition) is 0. The lowest BCUT2D eigenvalue weighted by molar-refractivity contribution is 0.0931. The summed E-state index contributed by atoms with van der Waals surface area (Å²) in [6.45, 7) is 3.22. The monoisotopic (exact) mass is 386 g/mol. The molecule has 0 unspecified atom stereocenters. The summed E-state index contributed by atoms with van der Waals surface area (Å²) >= 11 is 0. The summed E-state index contributed by atoms with van der Waals surface area (Å²) in [5.74, 6) is -1.27. The van der Waals surface area contributed by atoms with Crippen LogP contribution in [0.4, 0.5) is 13.6 Å². The number of ether oxygens (including phenoxy) is 1. The first-order valence-electron chi connectivity index (χ1n) is 9.28. The zero-order valence-corrected chi connectivity index (χ0v) is 15.4. The van der Waals surface area contributed by atoms with Crippen molar-refractivity contribution in [3.63, 3.8) is 0 Å². The van der Waals surface area contributed by atoms with Crippen LogP contribution in [-0.4, -0.2) is 45.2 Å². The highest BCUT2D eigenvalue weighted by Gasteiger charge is 2.28. The minimum Gasteiger partial charge on any atom is -0.450 e. The fourth-order valence-electron chi connectivity index (χ4n) is 3.64. The number of fused-ring (bicyclic) bond motifs is 1. The first-order valence-corrected chi connectivity index (χ1v) is 9.28. The van der Waals surface area contributed by atoms with E-state index in [1.54, 1.807) is 24.1 Å². The van der Waals surface area contributed by atoms with Gasteiger partial charge in [0.1, 0.15) is 11.3 Å². The molecule has 0 aliphatic carbocycles. The van der Waals surface area contributed by atoms with E-state index in [0.717, 1.165) is 12.1 Å². The van der Waals surface area contributed by atoms with Crippen molar-refractivity contribution in [3.8, 4) is 11.4 Å². The normalized spacial score (nSPS) is 15.2. The number of carbonyl (C=O) groups excluding carboxylic acids is 1. The summed E-state index contributed by atoms with van der Waals surface area (Å²) in [6, 6.07) is 7.44. The molecule has 28 heavy (non-hydrogen) atoms. The predicted octanol–water partition coefficient (Wildman–Crippen LogP) is 4.17. The molecule has 0 N–H and O–H groups in total. The maximum absolute atomic E-state index is 13.8. The summed E-state index contributed by atoms with van der Waals surface area (Å²) in [4.78, 5) is 22.7. The minimum absolute atomic E-state index is 0.0358. The minimum atomic E-state index is -0.916. The molecule has 1 fully saturated rings. The first kappa shape index (κ1) is 18.3. The van der Waals surface area contributed by atoms with Gasteiger partial charge in [0, 0.05) is 30.9 Å². The van der Waals surface area contributed by atoms with Gasteiger partial charge in [-0.15, -0.1) is 0 Å². The molecule has 6 nitrogen and oxygen atoms in total. The molecule has 3 heterocycles. The van der Waals surface area contributed by atoms with E-state index in [4.69, 9.17) is 4.74 Å². The van der Waals surface area contributed by atoms with E-state index in [0.29, 0.717) is 55.1 Å². The van der Waals surface area contributed by atoms with E-state index in [1.165, 1.54) is 6.07 Å². The average molecular weight is 386 g/mol. The molecule has 0 spiro atoms. The molecule has 146 valence electrons. The van der Waals surface area contributed by atoms with Gasteiger partial charge in [0.2, 0.25) is 0 Å². The fraction of sp³-hybridized carbons (Fsp3) is 0.350. The van der Waals surface area contributed by atoms with Crippen molar-refractivity contribution in [2.24, 2.45) is 0 Å². The zero-order chi connectivity index (χ0) is 19.7. The van der Waals surface area contributed by atoms with Gasteiger partial charge in [0.05, 0.1) is 6.61 Å². The van der Waals surface area contributed by atoms with Crippen LogP contribution in [0.1, 0.15) is 25.8 Å². The van der Waals surface area contributed by atoms with E-state index in [-0.39, 0.29) is 12.1 Å². The van der Waals surface area contributed by atoms with Crippen LogP contribution in [0.2, 0.25) is 0 Å². The molecule has 0 saturated carbocycles. The van der Waals surface area contributed by atoms with Crippen molar-refractivity contribution in [1.29, 1.82) is 0 Å². The Labute approximate surface area is 160 Å². The second-order valence-corrected chi connectivity index (χ2v) is 6.70. The Hall–Kier alpha value is -3.03. The van der Waals surface area contributed by atoms with Crippen molar-refractivity contribution in [1.82, 2.24) is 19.4 Å². The third-order valence-electron chi connectivity index (χ3n) is 4.98. The summed E-state index contributed by atoms with van der Waals surface area (Å²) in [5, 5.41) is 0.